The number of hydrogen-bond acceptors (Lipinski definition) is 2. The molecule has 0 aromatic carbocycles. The normalized spacial score (nSPS) is 42.4. The molecule has 2 rings (SSSR count). The first-order valence-corrected chi connectivity index (χ1v) is 7.07. The van der Waals surface area contributed by atoms with Crippen LogP contribution in [0.15, 0.2) is 0 Å². The molecule has 2 aliphatic rings. The Morgan fingerprint density at radius 1 is 1.06 bits per heavy atom. The molecule has 0 bridgehead atoms. The minimum Gasteiger partial charge on any atom is -0.353 e. The van der Waals surface area contributed by atoms with Crippen molar-refractivity contribution in [2.45, 2.75) is 46.1 Å². The molecular formula is C14H26N2O. The molecule has 1 heterocycles. The smallest absolute Gasteiger partial charge is 0.224 e. The van der Waals surface area contributed by atoms with Crippen LogP contribution in [0.3, 0.4) is 0 Å². The molecule has 0 aromatic rings. The van der Waals surface area contributed by atoms with E-state index in [4.69, 9.17) is 0 Å². The molecule has 2 N–H and O–H groups in total. The van der Waals surface area contributed by atoms with Crippen molar-refractivity contribution < 1.29 is 4.79 Å². The Balaban J connectivity index is 1.85. The molecule has 1 amide bonds. The van der Waals surface area contributed by atoms with Crippen molar-refractivity contribution in [2.75, 3.05) is 13.1 Å². The molecule has 1 saturated carbocycles. The fraction of sp³-hybridized carbons (Fsp3) is 0.929. The van der Waals surface area contributed by atoms with Crippen molar-refractivity contribution in [1.29, 1.82) is 0 Å². The molecule has 3 heteroatoms. The predicted molar refractivity (Wildman–Crippen MR) is 69.6 cm³/mol. The van der Waals surface area contributed by atoms with E-state index in [1.807, 2.05) is 0 Å². The van der Waals surface area contributed by atoms with Gasteiger partial charge in [0.05, 0.1) is 5.92 Å². The van der Waals surface area contributed by atoms with Crippen LogP contribution in [0.2, 0.25) is 0 Å². The highest BCUT2D eigenvalue weighted by Crippen LogP contribution is 2.29. The van der Waals surface area contributed by atoms with E-state index in [-0.39, 0.29) is 11.8 Å². The van der Waals surface area contributed by atoms with Crippen molar-refractivity contribution in [1.82, 2.24) is 10.6 Å². The Morgan fingerprint density at radius 2 is 1.71 bits per heavy atom. The molecule has 1 saturated heterocycles. The SMILES string of the molecule is CC1CC(C)CC(NC(=O)C2CNCC2C)C1. The molecule has 1 aliphatic carbocycles. The van der Waals surface area contributed by atoms with Gasteiger partial charge in [-0.05, 0) is 43.6 Å². The van der Waals surface area contributed by atoms with Gasteiger partial charge in [-0.3, -0.25) is 4.79 Å². The number of carbonyl (C=O) groups excluding carboxylic acids is 1. The number of carbonyl (C=O) groups is 1. The third kappa shape index (κ3) is 3.21. The maximum absolute atomic E-state index is 12.2. The van der Waals surface area contributed by atoms with E-state index < -0.39 is 0 Å². The Hall–Kier alpha value is -0.570. The fourth-order valence-electron chi connectivity index (χ4n) is 3.53. The lowest BCUT2D eigenvalue weighted by Gasteiger charge is -2.32. The number of amides is 1. The van der Waals surface area contributed by atoms with E-state index in [9.17, 15) is 4.79 Å². The van der Waals surface area contributed by atoms with Crippen LogP contribution in [0.4, 0.5) is 0 Å². The van der Waals surface area contributed by atoms with Crippen molar-refractivity contribution in [3.63, 3.8) is 0 Å². The monoisotopic (exact) mass is 238 g/mol. The minimum absolute atomic E-state index is 0.183. The Labute approximate surface area is 105 Å². The van der Waals surface area contributed by atoms with Gasteiger partial charge in [0.25, 0.3) is 0 Å². The van der Waals surface area contributed by atoms with Crippen molar-refractivity contribution >= 4 is 5.91 Å². The molecule has 1 aliphatic heterocycles. The highest BCUT2D eigenvalue weighted by molar-refractivity contribution is 5.79. The van der Waals surface area contributed by atoms with Gasteiger partial charge in [0, 0.05) is 12.6 Å². The second kappa shape index (κ2) is 5.38. The Kier molecular flexibility index (Phi) is 4.08. The summed E-state index contributed by atoms with van der Waals surface area (Å²) < 4.78 is 0. The van der Waals surface area contributed by atoms with E-state index in [1.54, 1.807) is 0 Å². The zero-order valence-corrected chi connectivity index (χ0v) is 11.3. The van der Waals surface area contributed by atoms with Gasteiger partial charge < -0.3 is 10.6 Å². The van der Waals surface area contributed by atoms with E-state index in [0.717, 1.165) is 37.8 Å². The summed E-state index contributed by atoms with van der Waals surface area (Å²) in [6, 6.07) is 0.411. The molecule has 4 unspecified atom stereocenters. The molecule has 3 nitrogen and oxygen atoms in total. The molecule has 98 valence electrons. The summed E-state index contributed by atoms with van der Waals surface area (Å²) in [6.07, 6.45) is 3.63. The van der Waals surface area contributed by atoms with Gasteiger partial charge in [-0.2, -0.15) is 0 Å². The summed E-state index contributed by atoms with van der Waals surface area (Å²) in [7, 11) is 0. The first-order chi connectivity index (χ1) is 8.06. The van der Waals surface area contributed by atoms with Gasteiger partial charge >= 0.3 is 0 Å². The zero-order valence-electron chi connectivity index (χ0n) is 11.3. The van der Waals surface area contributed by atoms with Gasteiger partial charge in [-0.1, -0.05) is 20.8 Å². The van der Waals surface area contributed by atoms with Crippen LogP contribution in [0.1, 0.15) is 40.0 Å². The van der Waals surface area contributed by atoms with Crippen LogP contribution >= 0.6 is 0 Å². The lowest BCUT2D eigenvalue weighted by molar-refractivity contribution is -0.126. The van der Waals surface area contributed by atoms with E-state index in [2.05, 4.69) is 31.4 Å². The van der Waals surface area contributed by atoms with Crippen LogP contribution in [-0.4, -0.2) is 25.0 Å². The molecule has 0 spiro atoms. The zero-order chi connectivity index (χ0) is 12.4. The van der Waals surface area contributed by atoms with E-state index in [1.165, 1.54) is 6.42 Å². The van der Waals surface area contributed by atoms with Crippen LogP contribution in [0, 0.1) is 23.7 Å². The number of rotatable bonds is 2. The first-order valence-electron chi connectivity index (χ1n) is 7.07. The largest absolute Gasteiger partial charge is 0.353 e. The van der Waals surface area contributed by atoms with Crippen molar-refractivity contribution in [2.24, 2.45) is 23.7 Å². The van der Waals surface area contributed by atoms with Crippen LogP contribution in [-0.2, 0) is 4.79 Å². The van der Waals surface area contributed by atoms with Crippen molar-refractivity contribution in [3.05, 3.63) is 0 Å². The van der Waals surface area contributed by atoms with Gasteiger partial charge in [-0.15, -0.1) is 0 Å². The molecular weight excluding hydrogens is 212 g/mol. The molecule has 17 heavy (non-hydrogen) atoms. The van der Waals surface area contributed by atoms with Crippen LogP contribution < -0.4 is 10.6 Å². The topological polar surface area (TPSA) is 41.1 Å². The maximum atomic E-state index is 12.2. The average Bonchev–Trinajstić information content (AvgIpc) is 2.62. The van der Waals surface area contributed by atoms with Gasteiger partial charge in [0.2, 0.25) is 5.91 Å². The average molecular weight is 238 g/mol. The summed E-state index contributed by atoms with van der Waals surface area (Å²) in [6.45, 7) is 8.60. The summed E-state index contributed by atoms with van der Waals surface area (Å²) >= 11 is 0. The second-order valence-corrected chi connectivity index (χ2v) is 6.36. The highest BCUT2D eigenvalue weighted by atomic mass is 16.2. The molecule has 0 aromatic heterocycles. The third-order valence-corrected chi connectivity index (χ3v) is 4.38. The first kappa shape index (κ1) is 12.9. The lowest BCUT2D eigenvalue weighted by atomic mass is 9.80. The molecule has 4 atom stereocenters. The molecule has 2 fully saturated rings. The Morgan fingerprint density at radius 3 is 2.24 bits per heavy atom. The summed E-state index contributed by atoms with van der Waals surface area (Å²) in [5.41, 5.74) is 0. The van der Waals surface area contributed by atoms with E-state index >= 15 is 0 Å². The third-order valence-electron chi connectivity index (χ3n) is 4.38. The number of nitrogens with one attached hydrogen (secondary N) is 2. The highest BCUT2D eigenvalue weighted by Gasteiger charge is 2.32. The second-order valence-electron chi connectivity index (χ2n) is 6.36. The van der Waals surface area contributed by atoms with Crippen LogP contribution in [0.5, 0.6) is 0 Å². The standard InChI is InChI=1S/C14H26N2O/c1-9-4-10(2)6-12(5-9)16-14(17)13-8-15-7-11(13)3/h9-13,15H,4-8H2,1-3H3,(H,16,17). The Bertz CT molecular complexity index is 269. The fourth-order valence-corrected chi connectivity index (χ4v) is 3.53. The van der Waals surface area contributed by atoms with E-state index in [0.29, 0.717) is 12.0 Å². The van der Waals surface area contributed by atoms with Crippen LogP contribution in [0.25, 0.3) is 0 Å². The lowest BCUT2D eigenvalue weighted by Crippen LogP contribution is -2.44. The summed E-state index contributed by atoms with van der Waals surface area (Å²) in [5.74, 6) is 2.44. The predicted octanol–water partition coefficient (Wildman–Crippen LogP) is 1.78. The summed E-state index contributed by atoms with van der Waals surface area (Å²) in [5, 5.41) is 6.57. The summed E-state index contributed by atoms with van der Waals surface area (Å²) in [4.78, 5) is 12.2. The van der Waals surface area contributed by atoms with Gasteiger partial charge in [-0.25, -0.2) is 0 Å². The maximum Gasteiger partial charge on any atom is 0.224 e. The van der Waals surface area contributed by atoms with Gasteiger partial charge in [0.15, 0.2) is 0 Å². The molecule has 0 radical (unpaired) electrons. The van der Waals surface area contributed by atoms with Crippen molar-refractivity contribution in [3.8, 4) is 0 Å². The number of hydrogen-bond donors (Lipinski definition) is 2. The quantitative estimate of drug-likeness (QED) is 0.770. The minimum atomic E-state index is 0.183. The van der Waals surface area contributed by atoms with Gasteiger partial charge in [0.1, 0.15) is 0 Å².